The third-order valence-electron chi connectivity index (χ3n) is 2.83. The van der Waals surface area contributed by atoms with Crippen LogP contribution in [0.2, 0.25) is 0 Å². The molecule has 3 nitrogen and oxygen atoms in total. The van der Waals surface area contributed by atoms with Crippen molar-refractivity contribution in [1.82, 2.24) is 0 Å². The number of benzene rings is 2. The van der Waals surface area contributed by atoms with Crippen LogP contribution in [0.4, 0.5) is 10.1 Å². The first-order chi connectivity index (χ1) is 9.61. The van der Waals surface area contributed by atoms with E-state index in [1.807, 2.05) is 6.92 Å². The summed E-state index contributed by atoms with van der Waals surface area (Å²) in [6.07, 6.45) is 0.890. The molecule has 0 aliphatic carbocycles. The van der Waals surface area contributed by atoms with E-state index in [0.29, 0.717) is 17.9 Å². The zero-order chi connectivity index (χ0) is 14.5. The Morgan fingerprint density at radius 3 is 2.65 bits per heavy atom. The van der Waals surface area contributed by atoms with Crippen molar-refractivity contribution in [2.45, 2.75) is 13.3 Å². The van der Waals surface area contributed by atoms with Crippen LogP contribution in [0.15, 0.2) is 42.5 Å². The topological polar surface area (TPSA) is 52.3 Å². The highest BCUT2D eigenvalue weighted by atomic mass is 19.1. The number of nitrogen functional groups attached to an aromatic ring is 1. The third-order valence-corrected chi connectivity index (χ3v) is 2.83. The Kier molecular flexibility index (Phi) is 4.35. The third kappa shape index (κ3) is 3.15. The first-order valence-electron chi connectivity index (χ1n) is 6.44. The molecule has 0 fully saturated rings. The van der Waals surface area contributed by atoms with Crippen molar-refractivity contribution < 1.29 is 13.9 Å². The molecule has 0 aliphatic heterocycles. The summed E-state index contributed by atoms with van der Waals surface area (Å²) in [4.78, 5) is 12.3. The Labute approximate surface area is 117 Å². The highest BCUT2D eigenvalue weighted by molar-refractivity contribution is 6.09. The fourth-order valence-electron chi connectivity index (χ4n) is 1.78. The lowest BCUT2D eigenvalue weighted by atomic mass is 10.0. The van der Waals surface area contributed by atoms with Crippen molar-refractivity contribution in [1.29, 1.82) is 0 Å². The number of halogens is 1. The van der Waals surface area contributed by atoms with Crippen LogP contribution in [0, 0.1) is 5.82 Å². The minimum Gasteiger partial charge on any atom is -0.494 e. The summed E-state index contributed by atoms with van der Waals surface area (Å²) in [5, 5.41) is 0. The van der Waals surface area contributed by atoms with Crippen molar-refractivity contribution in [2.24, 2.45) is 0 Å². The number of anilines is 1. The van der Waals surface area contributed by atoms with E-state index in [-0.39, 0.29) is 17.0 Å². The fourth-order valence-corrected chi connectivity index (χ4v) is 1.78. The van der Waals surface area contributed by atoms with Gasteiger partial charge in [0.1, 0.15) is 11.6 Å². The largest absolute Gasteiger partial charge is 0.494 e. The molecule has 20 heavy (non-hydrogen) atoms. The molecule has 2 N–H and O–H groups in total. The molecule has 4 heteroatoms. The standard InChI is InChI=1S/C16H16FNO2/c1-2-8-20-13-5-3-4-11(9-13)16(19)12-6-7-15(18)14(17)10-12/h3-7,9-10H,2,8,18H2,1H3. The summed E-state index contributed by atoms with van der Waals surface area (Å²) in [7, 11) is 0. The molecule has 104 valence electrons. The van der Waals surface area contributed by atoms with Crippen LogP contribution in [0.25, 0.3) is 0 Å². The van der Waals surface area contributed by atoms with Gasteiger partial charge in [-0.25, -0.2) is 4.39 Å². The average molecular weight is 273 g/mol. The van der Waals surface area contributed by atoms with Gasteiger partial charge < -0.3 is 10.5 Å². The van der Waals surface area contributed by atoms with Gasteiger partial charge in [-0.1, -0.05) is 19.1 Å². The van der Waals surface area contributed by atoms with E-state index in [9.17, 15) is 9.18 Å². The van der Waals surface area contributed by atoms with Gasteiger partial charge in [0.05, 0.1) is 12.3 Å². The van der Waals surface area contributed by atoms with Crippen molar-refractivity contribution >= 4 is 11.5 Å². The van der Waals surface area contributed by atoms with E-state index in [1.54, 1.807) is 24.3 Å². The van der Waals surface area contributed by atoms with Gasteiger partial charge in [-0.15, -0.1) is 0 Å². The predicted octanol–water partition coefficient (Wildman–Crippen LogP) is 3.43. The van der Waals surface area contributed by atoms with Crippen molar-refractivity contribution in [3.63, 3.8) is 0 Å². The molecule has 0 aliphatic rings. The van der Waals surface area contributed by atoms with Crippen LogP contribution in [-0.2, 0) is 0 Å². The smallest absolute Gasteiger partial charge is 0.193 e. The van der Waals surface area contributed by atoms with E-state index in [2.05, 4.69) is 0 Å². The Balaban J connectivity index is 2.26. The van der Waals surface area contributed by atoms with E-state index in [0.717, 1.165) is 12.5 Å². The van der Waals surface area contributed by atoms with E-state index in [1.165, 1.54) is 12.1 Å². The van der Waals surface area contributed by atoms with Gasteiger partial charge in [0, 0.05) is 11.1 Å². The molecule has 0 spiro atoms. The predicted molar refractivity (Wildman–Crippen MR) is 76.5 cm³/mol. The molecule has 2 rings (SSSR count). The summed E-state index contributed by atoms with van der Waals surface area (Å²) in [5.74, 6) is -0.214. The van der Waals surface area contributed by atoms with E-state index in [4.69, 9.17) is 10.5 Å². The summed E-state index contributed by atoms with van der Waals surface area (Å²) in [6, 6.07) is 10.9. The van der Waals surface area contributed by atoms with Crippen LogP contribution in [0.5, 0.6) is 5.75 Å². The second kappa shape index (κ2) is 6.19. The molecule has 0 unspecified atom stereocenters. The molecule has 0 atom stereocenters. The number of ether oxygens (including phenoxy) is 1. The molecule has 0 saturated carbocycles. The lowest BCUT2D eigenvalue weighted by Gasteiger charge is -2.07. The van der Waals surface area contributed by atoms with Gasteiger partial charge in [0.15, 0.2) is 5.78 Å². The zero-order valence-corrected chi connectivity index (χ0v) is 11.2. The highest BCUT2D eigenvalue weighted by Crippen LogP contribution is 2.19. The number of carbonyl (C=O) groups is 1. The average Bonchev–Trinajstić information content (AvgIpc) is 2.47. The maximum Gasteiger partial charge on any atom is 0.193 e. The van der Waals surface area contributed by atoms with Crippen LogP contribution in [-0.4, -0.2) is 12.4 Å². The van der Waals surface area contributed by atoms with Crippen molar-refractivity contribution in [3.05, 3.63) is 59.4 Å². The zero-order valence-electron chi connectivity index (χ0n) is 11.2. The summed E-state index contributed by atoms with van der Waals surface area (Å²) < 4.78 is 18.9. The Bertz CT molecular complexity index is 626. The van der Waals surface area contributed by atoms with Crippen LogP contribution in [0.3, 0.4) is 0 Å². The highest BCUT2D eigenvalue weighted by Gasteiger charge is 2.12. The van der Waals surface area contributed by atoms with Crippen molar-refractivity contribution in [3.8, 4) is 5.75 Å². The van der Waals surface area contributed by atoms with Crippen molar-refractivity contribution in [2.75, 3.05) is 12.3 Å². The van der Waals surface area contributed by atoms with Gasteiger partial charge >= 0.3 is 0 Å². The molecule has 0 amide bonds. The second-order valence-corrected chi connectivity index (χ2v) is 4.44. The Morgan fingerprint density at radius 2 is 1.95 bits per heavy atom. The molecule has 0 saturated heterocycles. The van der Waals surface area contributed by atoms with Gasteiger partial charge in [-0.2, -0.15) is 0 Å². The first-order valence-corrected chi connectivity index (χ1v) is 6.44. The minimum atomic E-state index is -0.589. The molecule has 2 aromatic carbocycles. The lowest BCUT2D eigenvalue weighted by molar-refractivity contribution is 0.103. The van der Waals surface area contributed by atoms with Gasteiger partial charge in [0.25, 0.3) is 0 Å². The molecule has 2 aromatic rings. The normalized spacial score (nSPS) is 10.3. The lowest BCUT2D eigenvalue weighted by Crippen LogP contribution is -2.04. The first kappa shape index (κ1) is 14.1. The Hall–Kier alpha value is -2.36. The summed E-state index contributed by atoms with van der Waals surface area (Å²) in [5.41, 5.74) is 6.16. The Morgan fingerprint density at radius 1 is 1.20 bits per heavy atom. The maximum atomic E-state index is 13.4. The monoisotopic (exact) mass is 273 g/mol. The second-order valence-electron chi connectivity index (χ2n) is 4.44. The molecule has 0 bridgehead atoms. The summed E-state index contributed by atoms with van der Waals surface area (Å²) in [6.45, 7) is 2.60. The fraction of sp³-hybridized carbons (Fsp3) is 0.188. The quantitative estimate of drug-likeness (QED) is 0.670. The molecular weight excluding hydrogens is 257 g/mol. The molecule has 0 radical (unpaired) electrons. The van der Waals surface area contributed by atoms with Gasteiger partial charge in [-0.05, 0) is 36.8 Å². The van der Waals surface area contributed by atoms with Gasteiger partial charge in [-0.3, -0.25) is 4.79 Å². The van der Waals surface area contributed by atoms with Crippen LogP contribution < -0.4 is 10.5 Å². The van der Waals surface area contributed by atoms with E-state index < -0.39 is 5.82 Å². The number of carbonyl (C=O) groups excluding carboxylic acids is 1. The molecule has 0 heterocycles. The number of nitrogens with two attached hydrogens (primary N) is 1. The number of hydrogen-bond acceptors (Lipinski definition) is 3. The SMILES string of the molecule is CCCOc1cccc(C(=O)c2ccc(N)c(F)c2)c1. The number of hydrogen-bond donors (Lipinski definition) is 1. The molecule has 0 aromatic heterocycles. The molecular formula is C16H16FNO2. The van der Waals surface area contributed by atoms with Gasteiger partial charge in [0.2, 0.25) is 0 Å². The van der Waals surface area contributed by atoms with Crippen LogP contribution >= 0.6 is 0 Å². The maximum absolute atomic E-state index is 13.4. The minimum absolute atomic E-state index is 0.0292. The summed E-state index contributed by atoms with van der Waals surface area (Å²) >= 11 is 0. The van der Waals surface area contributed by atoms with Crippen LogP contribution in [0.1, 0.15) is 29.3 Å². The number of ketones is 1. The number of rotatable bonds is 5. The van der Waals surface area contributed by atoms with E-state index >= 15 is 0 Å².